The van der Waals surface area contributed by atoms with Gasteiger partial charge in [0.15, 0.2) is 6.10 Å². The Hall–Kier alpha value is -2.91. The highest BCUT2D eigenvalue weighted by Crippen LogP contribution is 2.29. The zero-order chi connectivity index (χ0) is 28.8. The normalized spacial score (nSPS) is 12.8. The Kier molecular flexibility index (Phi) is 14.8. The Morgan fingerprint density at radius 2 is 1.03 bits per heavy atom. The molecule has 2 atom stereocenters. The average Bonchev–Trinajstić information content (AvgIpc) is 2.80. The van der Waals surface area contributed by atoms with Crippen LogP contribution in [0.3, 0.4) is 0 Å². The van der Waals surface area contributed by atoms with Gasteiger partial charge < -0.3 is 20.4 Å². The van der Waals surface area contributed by atoms with E-state index in [9.17, 15) is 27.9 Å². The molecule has 208 valence electrons. The van der Waals surface area contributed by atoms with Crippen LogP contribution >= 0.6 is 0 Å². The Bertz CT molecular complexity index is 855. The number of carboxylic acids is 2. The fourth-order valence-electron chi connectivity index (χ4n) is 2.90. The largest absolute Gasteiger partial charge is 0.478 e. The second-order valence-corrected chi connectivity index (χ2v) is 9.68. The predicted octanol–water partition coefficient (Wildman–Crippen LogP) is 6.38. The number of carbonyl (C=O) groups is 2. The van der Waals surface area contributed by atoms with Gasteiger partial charge in [-0.15, -0.1) is 0 Å². The van der Waals surface area contributed by atoms with Crippen LogP contribution in [-0.4, -0.2) is 50.7 Å². The van der Waals surface area contributed by atoms with Crippen LogP contribution in [0.5, 0.6) is 0 Å². The Morgan fingerprint density at radius 3 is 1.24 bits per heavy atom. The van der Waals surface area contributed by atoms with E-state index in [-0.39, 0.29) is 0 Å². The molecule has 0 aliphatic heterocycles. The minimum absolute atomic E-state index is 0.356. The number of hydrogen-bond donors (Lipinski definition) is 4. The van der Waals surface area contributed by atoms with Gasteiger partial charge in [0.25, 0.3) is 0 Å². The number of benzene rings is 2. The van der Waals surface area contributed by atoms with Crippen LogP contribution in [-0.2, 0) is 12.8 Å². The first-order chi connectivity index (χ1) is 17.0. The van der Waals surface area contributed by atoms with Gasteiger partial charge in [0.2, 0.25) is 0 Å². The molecule has 2 aromatic carbocycles. The average molecular weight is 529 g/mol. The number of alkyl halides is 3. The van der Waals surface area contributed by atoms with Gasteiger partial charge in [0.05, 0.1) is 17.2 Å². The molecule has 0 heterocycles. The highest BCUT2D eigenvalue weighted by Gasteiger charge is 2.41. The number of halogens is 3. The molecule has 0 radical (unpaired) electrons. The second kappa shape index (κ2) is 16.0. The smallest absolute Gasteiger partial charge is 0.414 e. The summed E-state index contributed by atoms with van der Waals surface area (Å²) in [5.74, 6) is -1.73. The van der Waals surface area contributed by atoms with E-state index in [0.29, 0.717) is 11.1 Å². The lowest BCUT2D eigenvalue weighted by molar-refractivity contribution is -0.214. The third kappa shape index (κ3) is 14.4. The molecule has 0 aliphatic carbocycles. The molecule has 0 saturated heterocycles. The first-order valence-corrected chi connectivity index (χ1v) is 12.1. The van der Waals surface area contributed by atoms with Crippen molar-refractivity contribution in [3.63, 3.8) is 0 Å². The van der Waals surface area contributed by atoms with Gasteiger partial charge in [0, 0.05) is 6.42 Å². The molecule has 0 amide bonds. The van der Waals surface area contributed by atoms with E-state index in [0.717, 1.165) is 25.7 Å². The number of carboxylic acid groups (broad SMARTS) is 2. The molecular formula is C28H39F3O6. The number of hydrogen-bond acceptors (Lipinski definition) is 4. The lowest BCUT2D eigenvalue weighted by Gasteiger charge is -2.28. The van der Waals surface area contributed by atoms with E-state index in [1.165, 1.54) is 11.1 Å². The Labute approximate surface area is 216 Å². The molecule has 4 N–H and O–H groups in total. The van der Waals surface area contributed by atoms with Crippen molar-refractivity contribution in [3.8, 4) is 0 Å². The third-order valence-electron chi connectivity index (χ3n) is 5.30. The third-order valence-corrected chi connectivity index (χ3v) is 5.30. The van der Waals surface area contributed by atoms with E-state index in [1.807, 2.05) is 24.3 Å². The van der Waals surface area contributed by atoms with Crippen molar-refractivity contribution in [2.45, 2.75) is 85.1 Å². The van der Waals surface area contributed by atoms with Crippen molar-refractivity contribution in [2.24, 2.45) is 5.41 Å². The van der Waals surface area contributed by atoms with Crippen LogP contribution in [0.4, 0.5) is 13.2 Å². The number of aromatic carboxylic acids is 2. The molecule has 2 rings (SSSR count). The highest BCUT2D eigenvalue weighted by molar-refractivity contribution is 5.87. The first-order valence-electron chi connectivity index (χ1n) is 12.1. The SMILES string of the molecule is CC(C)(C)C(O)CC(O)C(F)(F)F.CCCc1ccc(C(=O)O)cc1.CCCc1ccc(C(=O)O)cc1. The fourth-order valence-corrected chi connectivity index (χ4v) is 2.90. The second-order valence-electron chi connectivity index (χ2n) is 9.68. The van der Waals surface area contributed by atoms with Gasteiger partial charge in [-0.2, -0.15) is 13.2 Å². The Balaban J connectivity index is 0.000000526. The van der Waals surface area contributed by atoms with Crippen LogP contribution in [0.2, 0.25) is 0 Å². The molecule has 0 bridgehead atoms. The molecule has 0 aromatic heterocycles. The first kappa shape index (κ1) is 34.1. The standard InChI is InChI=1S/2C10H12O2.C8H15F3O2/c2*1-2-3-8-4-6-9(7-5-8)10(11)12;1-7(2,3)5(12)4-6(13)8(9,10)11/h2*4-7H,2-3H2,1H3,(H,11,12);5-6,12-13H,4H2,1-3H3. The van der Waals surface area contributed by atoms with Crippen molar-refractivity contribution < 1.29 is 43.2 Å². The van der Waals surface area contributed by atoms with Crippen molar-refractivity contribution in [2.75, 3.05) is 0 Å². The number of aryl methyl sites for hydroxylation is 2. The highest BCUT2D eigenvalue weighted by atomic mass is 19.4. The predicted molar refractivity (Wildman–Crippen MR) is 137 cm³/mol. The summed E-state index contributed by atoms with van der Waals surface area (Å²) in [6, 6.07) is 14.1. The summed E-state index contributed by atoms with van der Waals surface area (Å²) in [5, 5.41) is 35.1. The van der Waals surface area contributed by atoms with E-state index in [1.54, 1.807) is 45.0 Å². The monoisotopic (exact) mass is 528 g/mol. The maximum Gasteiger partial charge on any atom is 0.414 e. The molecule has 0 fully saturated rings. The summed E-state index contributed by atoms with van der Waals surface area (Å²) in [6.45, 7) is 9.04. The van der Waals surface area contributed by atoms with E-state index in [2.05, 4.69) is 13.8 Å². The van der Waals surface area contributed by atoms with Gasteiger partial charge in [-0.1, -0.05) is 71.7 Å². The van der Waals surface area contributed by atoms with Gasteiger partial charge in [-0.05, 0) is 53.6 Å². The van der Waals surface area contributed by atoms with Crippen LogP contribution in [0.25, 0.3) is 0 Å². The van der Waals surface area contributed by atoms with Crippen molar-refractivity contribution >= 4 is 11.9 Å². The lowest BCUT2D eigenvalue weighted by Crippen LogP contribution is -2.37. The Morgan fingerprint density at radius 1 is 0.703 bits per heavy atom. The van der Waals surface area contributed by atoms with E-state index in [4.69, 9.17) is 15.3 Å². The van der Waals surface area contributed by atoms with E-state index >= 15 is 0 Å². The molecule has 0 spiro atoms. The summed E-state index contributed by atoms with van der Waals surface area (Å²) < 4.78 is 35.5. The zero-order valence-electron chi connectivity index (χ0n) is 22.0. The van der Waals surface area contributed by atoms with Crippen LogP contribution in [0, 0.1) is 5.41 Å². The number of aliphatic hydroxyl groups is 2. The summed E-state index contributed by atoms with van der Waals surface area (Å²) in [6.07, 6.45) is -4.72. The molecule has 9 heteroatoms. The van der Waals surface area contributed by atoms with Gasteiger partial charge >= 0.3 is 18.1 Å². The minimum atomic E-state index is -4.65. The van der Waals surface area contributed by atoms with Crippen LogP contribution in [0.15, 0.2) is 48.5 Å². The lowest BCUT2D eigenvalue weighted by atomic mass is 9.86. The summed E-state index contributed by atoms with van der Waals surface area (Å²) >= 11 is 0. The molecule has 2 unspecified atom stereocenters. The van der Waals surface area contributed by atoms with E-state index < -0.39 is 42.2 Å². The van der Waals surface area contributed by atoms with Crippen LogP contribution < -0.4 is 0 Å². The summed E-state index contributed by atoms with van der Waals surface area (Å²) in [4.78, 5) is 20.9. The van der Waals surface area contributed by atoms with Gasteiger partial charge in [-0.3, -0.25) is 0 Å². The molecule has 0 saturated carbocycles. The molecule has 0 aliphatic rings. The number of aliphatic hydroxyl groups excluding tert-OH is 2. The van der Waals surface area contributed by atoms with Gasteiger partial charge in [-0.25, -0.2) is 9.59 Å². The quantitative estimate of drug-likeness (QED) is 0.316. The number of rotatable bonds is 8. The molecular weight excluding hydrogens is 489 g/mol. The van der Waals surface area contributed by atoms with Gasteiger partial charge in [0.1, 0.15) is 0 Å². The minimum Gasteiger partial charge on any atom is -0.478 e. The zero-order valence-corrected chi connectivity index (χ0v) is 22.0. The maximum absolute atomic E-state index is 11.8. The van der Waals surface area contributed by atoms with Crippen molar-refractivity contribution in [3.05, 3.63) is 70.8 Å². The molecule has 37 heavy (non-hydrogen) atoms. The molecule has 6 nitrogen and oxygen atoms in total. The van der Waals surface area contributed by atoms with Crippen LogP contribution in [0.1, 0.15) is 85.7 Å². The van der Waals surface area contributed by atoms with Crippen molar-refractivity contribution in [1.29, 1.82) is 0 Å². The maximum atomic E-state index is 11.8. The van der Waals surface area contributed by atoms with Crippen molar-refractivity contribution in [1.82, 2.24) is 0 Å². The summed E-state index contributed by atoms with van der Waals surface area (Å²) in [5.41, 5.74) is 2.46. The fraction of sp³-hybridized carbons (Fsp3) is 0.500. The summed E-state index contributed by atoms with van der Waals surface area (Å²) in [7, 11) is 0. The molecule has 2 aromatic rings. The topological polar surface area (TPSA) is 115 Å².